The van der Waals surface area contributed by atoms with Gasteiger partial charge in [0.25, 0.3) is 0 Å². The van der Waals surface area contributed by atoms with Crippen LogP contribution in [0.4, 0.5) is 0 Å². The Hall–Kier alpha value is -0.0800. The van der Waals surface area contributed by atoms with Crippen LogP contribution in [-0.4, -0.2) is 18.2 Å². The molecule has 0 saturated heterocycles. The molecule has 0 heterocycles. The molecule has 1 aliphatic rings. The van der Waals surface area contributed by atoms with Crippen LogP contribution in [0.25, 0.3) is 0 Å². The molecule has 0 amide bonds. The lowest BCUT2D eigenvalue weighted by Crippen LogP contribution is -2.16. The molecule has 1 rings (SSSR count). The molecule has 2 heteroatoms. The Morgan fingerprint density at radius 2 is 1.83 bits per heavy atom. The summed E-state index contributed by atoms with van der Waals surface area (Å²) in [5.74, 6) is 0. The Labute approximate surface area is 75.6 Å². The standard InChI is InChI=1S/C10H20O.H2O/c1-2-3-9-11-10-7-5-4-6-8-10;/h10H,2-9H2,1H3;1H2. The van der Waals surface area contributed by atoms with Crippen molar-refractivity contribution in [3.8, 4) is 0 Å². The summed E-state index contributed by atoms with van der Waals surface area (Å²) in [6.45, 7) is 3.20. The minimum Gasteiger partial charge on any atom is -0.412 e. The third kappa shape index (κ3) is 4.73. The molecule has 1 saturated carbocycles. The molecule has 0 aromatic rings. The van der Waals surface area contributed by atoms with E-state index in [4.69, 9.17) is 4.74 Å². The topological polar surface area (TPSA) is 40.7 Å². The molecule has 12 heavy (non-hydrogen) atoms. The largest absolute Gasteiger partial charge is 0.412 e. The summed E-state index contributed by atoms with van der Waals surface area (Å²) in [4.78, 5) is 0. The van der Waals surface area contributed by atoms with E-state index in [1.54, 1.807) is 0 Å². The Kier molecular flexibility index (Phi) is 7.51. The number of ether oxygens (including phenoxy) is 1. The van der Waals surface area contributed by atoms with Crippen molar-refractivity contribution < 1.29 is 10.2 Å². The summed E-state index contributed by atoms with van der Waals surface area (Å²) in [5.41, 5.74) is 0. The maximum absolute atomic E-state index is 5.72. The van der Waals surface area contributed by atoms with Crippen LogP contribution < -0.4 is 0 Å². The fourth-order valence-corrected chi connectivity index (χ4v) is 1.63. The van der Waals surface area contributed by atoms with Crippen LogP contribution >= 0.6 is 0 Å². The molecule has 0 aromatic carbocycles. The van der Waals surface area contributed by atoms with E-state index in [9.17, 15) is 0 Å². The van der Waals surface area contributed by atoms with Gasteiger partial charge in [-0.3, -0.25) is 0 Å². The summed E-state index contributed by atoms with van der Waals surface area (Å²) < 4.78 is 5.72. The average Bonchev–Trinajstić information content (AvgIpc) is 2.07. The SMILES string of the molecule is CCCCOC1CCCCC1.O. The van der Waals surface area contributed by atoms with Crippen molar-refractivity contribution in [2.45, 2.75) is 58.0 Å². The van der Waals surface area contributed by atoms with E-state index in [0.717, 1.165) is 6.61 Å². The van der Waals surface area contributed by atoms with Gasteiger partial charge in [-0.05, 0) is 19.3 Å². The lowest BCUT2D eigenvalue weighted by molar-refractivity contribution is 0.0269. The molecule has 1 aliphatic carbocycles. The quantitative estimate of drug-likeness (QED) is 0.603. The highest BCUT2D eigenvalue weighted by Gasteiger charge is 2.12. The van der Waals surface area contributed by atoms with Gasteiger partial charge in [-0.15, -0.1) is 0 Å². The first-order valence-electron chi connectivity index (χ1n) is 5.05. The minimum atomic E-state index is 0. The molecule has 0 aliphatic heterocycles. The monoisotopic (exact) mass is 174 g/mol. The highest BCUT2D eigenvalue weighted by molar-refractivity contribution is 4.64. The molecule has 0 bridgehead atoms. The van der Waals surface area contributed by atoms with E-state index >= 15 is 0 Å². The Morgan fingerprint density at radius 3 is 2.42 bits per heavy atom. The van der Waals surface area contributed by atoms with Crippen LogP contribution in [0.15, 0.2) is 0 Å². The first-order chi connectivity index (χ1) is 5.43. The van der Waals surface area contributed by atoms with Gasteiger partial charge >= 0.3 is 0 Å². The van der Waals surface area contributed by atoms with Crippen molar-refractivity contribution in [1.29, 1.82) is 0 Å². The number of rotatable bonds is 4. The Bertz CT molecular complexity index is 87.8. The summed E-state index contributed by atoms with van der Waals surface area (Å²) in [6, 6.07) is 0. The van der Waals surface area contributed by atoms with Crippen LogP contribution in [-0.2, 0) is 4.74 Å². The van der Waals surface area contributed by atoms with Crippen molar-refractivity contribution >= 4 is 0 Å². The van der Waals surface area contributed by atoms with Crippen molar-refractivity contribution in [3.05, 3.63) is 0 Å². The van der Waals surface area contributed by atoms with Gasteiger partial charge in [0.15, 0.2) is 0 Å². The van der Waals surface area contributed by atoms with Gasteiger partial charge in [0.2, 0.25) is 0 Å². The molecule has 1 fully saturated rings. The van der Waals surface area contributed by atoms with Gasteiger partial charge < -0.3 is 10.2 Å². The molecule has 0 radical (unpaired) electrons. The first-order valence-corrected chi connectivity index (χ1v) is 5.05. The van der Waals surface area contributed by atoms with Crippen LogP contribution in [0.5, 0.6) is 0 Å². The smallest absolute Gasteiger partial charge is 0.0575 e. The van der Waals surface area contributed by atoms with Crippen LogP contribution in [0.1, 0.15) is 51.9 Å². The molecular formula is C10H22O2. The number of unbranched alkanes of at least 4 members (excludes halogenated alkanes) is 1. The zero-order valence-electron chi connectivity index (χ0n) is 8.14. The van der Waals surface area contributed by atoms with E-state index in [-0.39, 0.29) is 5.48 Å². The van der Waals surface area contributed by atoms with Crippen LogP contribution in [0, 0.1) is 0 Å². The van der Waals surface area contributed by atoms with E-state index in [1.807, 2.05) is 0 Å². The zero-order valence-corrected chi connectivity index (χ0v) is 8.14. The average molecular weight is 174 g/mol. The van der Waals surface area contributed by atoms with Gasteiger partial charge in [0, 0.05) is 6.61 Å². The third-order valence-corrected chi connectivity index (χ3v) is 2.40. The number of hydrogen-bond donors (Lipinski definition) is 0. The van der Waals surface area contributed by atoms with E-state index in [0.29, 0.717) is 6.10 Å². The predicted octanol–water partition coefficient (Wildman–Crippen LogP) is 2.31. The van der Waals surface area contributed by atoms with Crippen molar-refractivity contribution in [2.24, 2.45) is 0 Å². The molecule has 2 nitrogen and oxygen atoms in total. The molecule has 2 N–H and O–H groups in total. The lowest BCUT2D eigenvalue weighted by atomic mass is 9.98. The second-order valence-electron chi connectivity index (χ2n) is 3.48. The van der Waals surface area contributed by atoms with Crippen LogP contribution in [0.2, 0.25) is 0 Å². The molecule has 74 valence electrons. The molecule has 0 spiro atoms. The normalized spacial score (nSPS) is 18.8. The first kappa shape index (κ1) is 11.9. The number of hydrogen-bond acceptors (Lipinski definition) is 1. The summed E-state index contributed by atoms with van der Waals surface area (Å²) >= 11 is 0. The van der Waals surface area contributed by atoms with Crippen molar-refractivity contribution in [2.75, 3.05) is 6.61 Å². The maximum atomic E-state index is 5.72. The molecule has 0 atom stereocenters. The molecule has 0 aromatic heterocycles. The summed E-state index contributed by atoms with van der Waals surface area (Å²) in [5, 5.41) is 0. The van der Waals surface area contributed by atoms with E-state index in [1.165, 1.54) is 44.9 Å². The van der Waals surface area contributed by atoms with Gasteiger partial charge in [0.05, 0.1) is 6.10 Å². The third-order valence-electron chi connectivity index (χ3n) is 2.40. The fourth-order valence-electron chi connectivity index (χ4n) is 1.63. The molecule has 0 unspecified atom stereocenters. The summed E-state index contributed by atoms with van der Waals surface area (Å²) in [6.07, 6.45) is 9.91. The fraction of sp³-hybridized carbons (Fsp3) is 1.00. The van der Waals surface area contributed by atoms with Gasteiger partial charge in [0.1, 0.15) is 0 Å². The Morgan fingerprint density at radius 1 is 1.17 bits per heavy atom. The van der Waals surface area contributed by atoms with E-state index < -0.39 is 0 Å². The van der Waals surface area contributed by atoms with Gasteiger partial charge in [-0.1, -0.05) is 32.6 Å². The predicted molar refractivity (Wildman–Crippen MR) is 51.3 cm³/mol. The minimum absolute atomic E-state index is 0. The summed E-state index contributed by atoms with van der Waals surface area (Å²) in [7, 11) is 0. The lowest BCUT2D eigenvalue weighted by Gasteiger charge is -2.21. The van der Waals surface area contributed by atoms with Gasteiger partial charge in [-0.2, -0.15) is 0 Å². The second-order valence-corrected chi connectivity index (χ2v) is 3.48. The molecular weight excluding hydrogens is 152 g/mol. The Balaban J connectivity index is 0.00000121. The van der Waals surface area contributed by atoms with Crippen molar-refractivity contribution in [3.63, 3.8) is 0 Å². The highest BCUT2D eigenvalue weighted by atomic mass is 16.5. The van der Waals surface area contributed by atoms with Gasteiger partial charge in [-0.25, -0.2) is 0 Å². The zero-order chi connectivity index (χ0) is 7.94. The van der Waals surface area contributed by atoms with Crippen LogP contribution in [0.3, 0.4) is 0 Å². The second kappa shape index (κ2) is 7.56. The highest BCUT2D eigenvalue weighted by Crippen LogP contribution is 2.20. The maximum Gasteiger partial charge on any atom is 0.0575 e. The van der Waals surface area contributed by atoms with Crippen molar-refractivity contribution in [1.82, 2.24) is 0 Å². The van der Waals surface area contributed by atoms with E-state index in [2.05, 4.69) is 6.92 Å².